The van der Waals surface area contributed by atoms with Gasteiger partial charge in [0.15, 0.2) is 5.92 Å². The summed E-state index contributed by atoms with van der Waals surface area (Å²) in [6.07, 6.45) is 1.40. The summed E-state index contributed by atoms with van der Waals surface area (Å²) < 4.78 is 0. The first-order valence-electron chi connectivity index (χ1n) is 4.30. The Labute approximate surface area is 82.8 Å². The van der Waals surface area contributed by atoms with Crippen molar-refractivity contribution in [3.05, 3.63) is 23.8 Å². The summed E-state index contributed by atoms with van der Waals surface area (Å²) in [5, 5.41) is 17.4. The summed E-state index contributed by atoms with van der Waals surface area (Å²) in [5.41, 5.74) is 1.33. The highest BCUT2D eigenvalue weighted by Crippen LogP contribution is 2.16. The van der Waals surface area contributed by atoms with Gasteiger partial charge >= 0.3 is 0 Å². The van der Waals surface area contributed by atoms with Crippen LogP contribution in [0, 0.1) is 22.7 Å². The minimum Gasteiger partial charge on any atom is -0.241 e. The van der Waals surface area contributed by atoms with Crippen LogP contribution in [0.15, 0.2) is 12.4 Å². The molecule has 0 amide bonds. The van der Waals surface area contributed by atoms with E-state index in [2.05, 4.69) is 9.97 Å². The number of nitriles is 2. The Morgan fingerprint density at radius 1 is 1.14 bits per heavy atom. The van der Waals surface area contributed by atoms with Gasteiger partial charge in [0.25, 0.3) is 0 Å². The van der Waals surface area contributed by atoms with E-state index in [9.17, 15) is 0 Å². The normalized spacial score (nSPS) is 9.86. The molecule has 14 heavy (non-hydrogen) atoms. The molecule has 0 saturated heterocycles. The van der Waals surface area contributed by atoms with Crippen molar-refractivity contribution in [2.75, 3.05) is 0 Å². The van der Waals surface area contributed by atoms with Crippen molar-refractivity contribution in [1.29, 1.82) is 10.5 Å². The molecule has 0 unspecified atom stereocenters. The van der Waals surface area contributed by atoms with Gasteiger partial charge in [0.05, 0.1) is 17.8 Å². The van der Waals surface area contributed by atoms with E-state index in [1.165, 1.54) is 6.33 Å². The van der Waals surface area contributed by atoms with Crippen LogP contribution >= 0.6 is 0 Å². The highest BCUT2D eigenvalue weighted by Gasteiger charge is 2.12. The number of hydrogen-bond donors (Lipinski definition) is 0. The third-order valence-electron chi connectivity index (χ3n) is 1.85. The molecule has 0 radical (unpaired) electrons. The molecule has 1 heterocycles. The Morgan fingerprint density at radius 3 is 2.21 bits per heavy atom. The zero-order valence-corrected chi connectivity index (χ0v) is 8.10. The van der Waals surface area contributed by atoms with Crippen molar-refractivity contribution in [3.8, 4) is 12.1 Å². The molecule has 0 spiro atoms. The first-order chi connectivity index (χ1) is 6.69. The van der Waals surface area contributed by atoms with Crippen LogP contribution in [0.5, 0.6) is 0 Å². The molecule has 0 aromatic carbocycles. The smallest absolute Gasteiger partial charge is 0.175 e. The largest absolute Gasteiger partial charge is 0.241 e. The van der Waals surface area contributed by atoms with E-state index >= 15 is 0 Å². The predicted octanol–water partition coefficient (Wildman–Crippen LogP) is 1.73. The van der Waals surface area contributed by atoms with Crippen LogP contribution in [0.2, 0.25) is 0 Å². The molecule has 0 fully saturated rings. The molecule has 0 saturated carbocycles. The fraction of sp³-hybridized carbons (Fsp3) is 0.400. The quantitative estimate of drug-likeness (QED) is 0.705. The molecule has 1 aromatic heterocycles. The average molecular weight is 186 g/mol. The Hall–Kier alpha value is -1.94. The fourth-order valence-corrected chi connectivity index (χ4v) is 1.02. The standard InChI is InChI=1S/C10H10N4/c1-7(2)9-3-10(14-6-13-9)8(4-11)5-12/h3,6-8H,1-2H3. The van der Waals surface area contributed by atoms with Gasteiger partial charge < -0.3 is 0 Å². The van der Waals surface area contributed by atoms with Crippen LogP contribution in [0.3, 0.4) is 0 Å². The lowest BCUT2D eigenvalue weighted by Gasteiger charge is -2.05. The summed E-state index contributed by atoms with van der Waals surface area (Å²) >= 11 is 0. The van der Waals surface area contributed by atoms with Gasteiger partial charge in [0, 0.05) is 5.69 Å². The molecule has 0 atom stereocenters. The molecule has 1 aromatic rings. The van der Waals surface area contributed by atoms with Gasteiger partial charge in [0.1, 0.15) is 6.33 Å². The summed E-state index contributed by atoms with van der Waals surface area (Å²) in [5.74, 6) is -0.523. The molecule has 0 N–H and O–H groups in total. The molecule has 4 heteroatoms. The SMILES string of the molecule is CC(C)c1cc(C(C#N)C#N)ncn1. The van der Waals surface area contributed by atoms with Gasteiger partial charge in [-0.2, -0.15) is 10.5 Å². The first kappa shape index (κ1) is 10.1. The van der Waals surface area contributed by atoms with E-state index < -0.39 is 5.92 Å². The van der Waals surface area contributed by atoms with Crippen molar-refractivity contribution in [3.63, 3.8) is 0 Å². The van der Waals surface area contributed by atoms with E-state index in [0.29, 0.717) is 5.69 Å². The van der Waals surface area contributed by atoms with Gasteiger partial charge in [-0.15, -0.1) is 0 Å². The monoisotopic (exact) mass is 186 g/mol. The lowest BCUT2D eigenvalue weighted by molar-refractivity contribution is 0.801. The molecule has 0 aliphatic heterocycles. The minimum absolute atomic E-state index is 0.273. The van der Waals surface area contributed by atoms with Crippen LogP contribution in [0.4, 0.5) is 0 Å². The van der Waals surface area contributed by atoms with Gasteiger partial charge in [-0.1, -0.05) is 13.8 Å². The maximum Gasteiger partial charge on any atom is 0.175 e. The van der Waals surface area contributed by atoms with Crippen LogP contribution in [0.1, 0.15) is 37.1 Å². The lowest BCUT2D eigenvalue weighted by Crippen LogP contribution is -2.01. The van der Waals surface area contributed by atoms with Crippen LogP contribution in [-0.2, 0) is 0 Å². The second-order valence-electron chi connectivity index (χ2n) is 3.21. The number of aromatic nitrogens is 2. The molecule has 0 aliphatic rings. The van der Waals surface area contributed by atoms with E-state index in [1.54, 1.807) is 6.07 Å². The number of hydrogen-bond acceptors (Lipinski definition) is 4. The van der Waals surface area contributed by atoms with Crippen molar-refractivity contribution in [2.24, 2.45) is 0 Å². The zero-order valence-electron chi connectivity index (χ0n) is 8.10. The maximum atomic E-state index is 8.68. The molecule has 4 nitrogen and oxygen atoms in total. The molecular weight excluding hydrogens is 176 g/mol. The van der Waals surface area contributed by atoms with Crippen molar-refractivity contribution in [2.45, 2.75) is 25.7 Å². The third kappa shape index (κ3) is 2.05. The van der Waals surface area contributed by atoms with Crippen LogP contribution < -0.4 is 0 Å². The topological polar surface area (TPSA) is 73.4 Å². The van der Waals surface area contributed by atoms with E-state index in [1.807, 2.05) is 26.0 Å². The summed E-state index contributed by atoms with van der Waals surface area (Å²) in [6.45, 7) is 4.00. The molecule has 1 rings (SSSR count). The van der Waals surface area contributed by atoms with Gasteiger partial charge in [-0.05, 0) is 12.0 Å². The Kier molecular flexibility index (Phi) is 3.14. The number of nitrogens with zero attached hydrogens (tertiary/aromatic N) is 4. The van der Waals surface area contributed by atoms with Gasteiger partial charge in [0.2, 0.25) is 0 Å². The second kappa shape index (κ2) is 4.34. The number of rotatable bonds is 2. The van der Waals surface area contributed by atoms with E-state index in [0.717, 1.165) is 5.69 Å². The zero-order chi connectivity index (χ0) is 10.6. The van der Waals surface area contributed by atoms with E-state index in [-0.39, 0.29) is 5.92 Å². The third-order valence-corrected chi connectivity index (χ3v) is 1.85. The Bertz CT molecular complexity index is 383. The summed E-state index contributed by atoms with van der Waals surface area (Å²) in [7, 11) is 0. The first-order valence-corrected chi connectivity index (χ1v) is 4.30. The predicted molar refractivity (Wildman–Crippen MR) is 50.1 cm³/mol. The highest BCUT2D eigenvalue weighted by atomic mass is 14.8. The Morgan fingerprint density at radius 2 is 1.71 bits per heavy atom. The van der Waals surface area contributed by atoms with Crippen molar-refractivity contribution >= 4 is 0 Å². The molecule has 0 bridgehead atoms. The minimum atomic E-state index is -0.796. The van der Waals surface area contributed by atoms with Crippen molar-refractivity contribution in [1.82, 2.24) is 9.97 Å². The van der Waals surface area contributed by atoms with Crippen LogP contribution in [0.25, 0.3) is 0 Å². The van der Waals surface area contributed by atoms with Gasteiger partial charge in [-0.25, -0.2) is 9.97 Å². The van der Waals surface area contributed by atoms with Gasteiger partial charge in [-0.3, -0.25) is 0 Å². The average Bonchev–Trinajstić information content (AvgIpc) is 2.20. The highest BCUT2D eigenvalue weighted by molar-refractivity contribution is 5.26. The summed E-state index contributed by atoms with van der Waals surface area (Å²) in [6, 6.07) is 5.48. The van der Waals surface area contributed by atoms with E-state index in [4.69, 9.17) is 10.5 Å². The fourth-order valence-electron chi connectivity index (χ4n) is 1.02. The molecular formula is C10H10N4. The lowest BCUT2D eigenvalue weighted by atomic mass is 10.0. The maximum absolute atomic E-state index is 8.68. The van der Waals surface area contributed by atoms with Crippen molar-refractivity contribution < 1.29 is 0 Å². The molecule has 0 aliphatic carbocycles. The second-order valence-corrected chi connectivity index (χ2v) is 3.21. The van der Waals surface area contributed by atoms with Crippen LogP contribution in [-0.4, -0.2) is 9.97 Å². The Balaban J connectivity index is 3.07. The molecule has 70 valence electrons. The summed E-state index contributed by atoms with van der Waals surface area (Å²) in [4.78, 5) is 7.97.